The molecule has 28 heavy (non-hydrogen) atoms. The van der Waals surface area contributed by atoms with Gasteiger partial charge in [-0.25, -0.2) is 0 Å². The molecule has 0 bridgehead atoms. The first-order valence-electron chi connectivity index (χ1n) is 8.81. The van der Waals surface area contributed by atoms with Crippen LogP contribution >= 0.6 is 24.0 Å². The second-order valence-corrected chi connectivity index (χ2v) is 6.04. The molecule has 6 nitrogen and oxygen atoms in total. The zero-order chi connectivity index (χ0) is 19.5. The van der Waals surface area contributed by atoms with E-state index in [4.69, 9.17) is 14.7 Å². The SMILES string of the molecule is CN=C(NCc1cccc(C#N)c1)NCc1ccc(C)cc1OCCOC.I. The molecule has 2 aromatic carbocycles. The number of rotatable bonds is 8. The molecule has 0 aromatic heterocycles. The predicted molar refractivity (Wildman–Crippen MR) is 122 cm³/mol. The summed E-state index contributed by atoms with van der Waals surface area (Å²) in [5.41, 5.74) is 3.86. The quantitative estimate of drug-likeness (QED) is 0.255. The number of hydrogen-bond donors (Lipinski definition) is 2. The van der Waals surface area contributed by atoms with Crippen molar-refractivity contribution < 1.29 is 9.47 Å². The van der Waals surface area contributed by atoms with Crippen molar-refractivity contribution in [2.45, 2.75) is 20.0 Å². The standard InChI is InChI=1S/C21H26N4O2.HI/c1-16-7-8-19(20(11-16)27-10-9-26-3)15-25-21(23-2)24-14-18-6-4-5-17(12-18)13-22;/h4-8,11-12H,9-10,14-15H2,1-3H3,(H2,23,24,25);1H. The summed E-state index contributed by atoms with van der Waals surface area (Å²) < 4.78 is 10.9. The molecule has 2 N–H and O–H groups in total. The Bertz CT molecular complexity index is 818. The number of nitriles is 1. The minimum atomic E-state index is 0. The molecule has 0 aliphatic carbocycles. The summed E-state index contributed by atoms with van der Waals surface area (Å²) in [6.45, 7) is 4.26. The Hall–Kier alpha value is -2.31. The molecule has 2 aromatic rings. The molecule has 2 rings (SSSR count). The Morgan fingerprint density at radius 1 is 1.11 bits per heavy atom. The van der Waals surface area contributed by atoms with Gasteiger partial charge in [0.1, 0.15) is 12.4 Å². The Morgan fingerprint density at radius 3 is 2.61 bits per heavy atom. The monoisotopic (exact) mass is 494 g/mol. The van der Waals surface area contributed by atoms with Crippen molar-refractivity contribution in [2.75, 3.05) is 27.4 Å². The van der Waals surface area contributed by atoms with Crippen LogP contribution in [0, 0.1) is 18.3 Å². The zero-order valence-electron chi connectivity index (χ0n) is 16.5. The first-order valence-corrected chi connectivity index (χ1v) is 8.81. The molecule has 0 atom stereocenters. The number of nitrogens with one attached hydrogen (secondary N) is 2. The molecule has 0 amide bonds. The summed E-state index contributed by atoms with van der Waals surface area (Å²) in [7, 11) is 3.39. The highest BCUT2D eigenvalue weighted by molar-refractivity contribution is 14.0. The average molecular weight is 494 g/mol. The molecule has 0 radical (unpaired) electrons. The number of methoxy groups -OCH3 is 1. The van der Waals surface area contributed by atoms with Crippen LogP contribution < -0.4 is 15.4 Å². The summed E-state index contributed by atoms with van der Waals surface area (Å²) in [5.74, 6) is 1.53. The fraction of sp³-hybridized carbons (Fsp3) is 0.333. The number of halogens is 1. The van der Waals surface area contributed by atoms with Crippen LogP contribution in [-0.4, -0.2) is 33.3 Å². The molecule has 0 aliphatic heterocycles. The van der Waals surface area contributed by atoms with Crippen molar-refractivity contribution in [1.29, 1.82) is 5.26 Å². The van der Waals surface area contributed by atoms with Gasteiger partial charge >= 0.3 is 0 Å². The van der Waals surface area contributed by atoms with Gasteiger partial charge < -0.3 is 20.1 Å². The van der Waals surface area contributed by atoms with Crippen molar-refractivity contribution >= 4 is 29.9 Å². The van der Waals surface area contributed by atoms with Crippen molar-refractivity contribution in [2.24, 2.45) is 4.99 Å². The highest BCUT2D eigenvalue weighted by Gasteiger charge is 2.06. The third kappa shape index (κ3) is 7.74. The maximum Gasteiger partial charge on any atom is 0.191 e. The predicted octanol–water partition coefficient (Wildman–Crippen LogP) is 3.38. The van der Waals surface area contributed by atoms with E-state index in [0.717, 1.165) is 22.4 Å². The van der Waals surface area contributed by atoms with Crippen LogP contribution in [0.1, 0.15) is 22.3 Å². The summed E-state index contributed by atoms with van der Waals surface area (Å²) in [6.07, 6.45) is 0. The van der Waals surface area contributed by atoms with Gasteiger partial charge in [-0.05, 0) is 36.2 Å². The van der Waals surface area contributed by atoms with E-state index >= 15 is 0 Å². The Labute approximate surface area is 184 Å². The highest BCUT2D eigenvalue weighted by atomic mass is 127. The van der Waals surface area contributed by atoms with Crippen LogP contribution in [0.15, 0.2) is 47.5 Å². The molecule has 0 saturated carbocycles. The lowest BCUT2D eigenvalue weighted by Gasteiger charge is -2.15. The Balaban J connectivity index is 0.00000392. The van der Waals surface area contributed by atoms with Crippen LogP contribution in [-0.2, 0) is 17.8 Å². The molecule has 0 spiro atoms. The van der Waals surface area contributed by atoms with E-state index in [1.807, 2.05) is 37.3 Å². The molecule has 0 saturated heterocycles. The normalized spacial score (nSPS) is 10.6. The van der Waals surface area contributed by atoms with E-state index in [1.165, 1.54) is 0 Å². The summed E-state index contributed by atoms with van der Waals surface area (Å²) in [5, 5.41) is 15.5. The summed E-state index contributed by atoms with van der Waals surface area (Å²) in [6, 6.07) is 15.8. The first-order chi connectivity index (χ1) is 13.2. The number of aryl methyl sites for hydroxylation is 1. The van der Waals surface area contributed by atoms with Gasteiger partial charge in [0, 0.05) is 32.8 Å². The van der Waals surface area contributed by atoms with Gasteiger partial charge in [-0.3, -0.25) is 4.99 Å². The topological polar surface area (TPSA) is 78.7 Å². The van der Waals surface area contributed by atoms with Crippen LogP contribution in [0.2, 0.25) is 0 Å². The first kappa shape index (κ1) is 23.7. The van der Waals surface area contributed by atoms with Crippen molar-refractivity contribution in [3.05, 3.63) is 64.7 Å². The minimum absolute atomic E-state index is 0. The molecule has 0 aliphatic rings. The van der Waals surface area contributed by atoms with E-state index in [1.54, 1.807) is 20.2 Å². The van der Waals surface area contributed by atoms with Crippen LogP contribution in [0.4, 0.5) is 0 Å². The lowest BCUT2D eigenvalue weighted by Crippen LogP contribution is -2.36. The minimum Gasteiger partial charge on any atom is -0.491 e. The molecule has 0 unspecified atom stereocenters. The molecule has 0 fully saturated rings. The lowest BCUT2D eigenvalue weighted by molar-refractivity contribution is 0.145. The fourth-order valence-electron chi connectivity index (χ4n) is 2.51. The van der Waals surface area contributed by atoms with Gasteiger partial charge in [0.05, 0.1) is 18.2 Å². The van der Waals surface area contributed by atoms with Gasteiger partial charge in [-0.15, -0.1) is 24.0 Å². The summed E-state index contributed by atoms with van der Waals surface area (Å²) >= 11 is 0. The molecular formula is C21H27IN4O2. The smallest absolute Gasteiger partial charge is 0.191 e. The maximum atomic E-state index is 8.99. The number of benzene rings is 2. The van der Waals surface area contributed by atoms with Crippen LogP contribution in [0.5, 0.6) is 5.75 Å². The largest absolute Gasteiger partial charge is 0.491 e. The zero-order valence-corrected chi connectivity index (χ0v) is 18.8. The van der Waals surface area contributed by atoms with Crippen molar-refractivity contribution in [3.8, 4) is 11.8 Å². The Kier molecular flexibility index (Phi) is 11.0. The lowest BCUT2D eigenvalue weighted by atomic mass is 10.1. The molecule has 150 valence electrons. The van der Waals surface area contributed by atoms with Crippen LogP contribution in [0.25, 0.3) is 0 Å². The summed E-state index contributed by atoms with van der Waals surface area (Å²) in [4.78, 5) is 4.25. The van der Waals surface area contributed by atoms with Gasteiger partial charge in [0.15, 0.2) is 5.96 Å². The van der Waals surface area contributed by atoms with E-state index in [2.05, 4.69) is 27.8 Å². The van der Waals surface area contributed by atoms with Crippen molar-refractivity contribution in [1.82, 2.24) is 10.6 Å². The third-order valence-corrected chi connectivity index (χ3v) is 3.95. The number of guanidine groups is 1. The molecule has 0 heterocycles. The maximum absolute atomic E-state index is 8.99. The van der Waals surface area contributed by atoms with E-state index in [9.17, 15) is 0 Å². The van der Waals surface area contributed by atoms with Crippen molar-refractivity contribution in [3.63, 3.8) is 0 Å². The highest BCUT2D eigenvalue weighted by Crippen LogP contribution is 2.20. The molecule has 7 heteroatoms. The van der Waals surface area contributed by atoms with E-state index in [0.29, 0.717) is 37.8 Å². The average Bonchev–Trinajstić information content (AvgIpc) is 2.69. The Morgan fingerprint density at radius 2 is 1.89 bits per heavy atom. The number of aliphatic imine (C=N–C) groups is 1. The van der Waals surface area contributed by atoms with Gasteiger partial charge in [-0.2, -0.15) is 5.26 Å². The molecular weight excluding hydrogens is 467 g/mol. The van der Waals surface area contributed by atoms with E-state index in [-0.39, 0.29) is 24.0 Å². The van der Waals surface area contributed by atoms with Gasteiger partial charge in [-0.1, -0.05) is 24.3 Å². The number of ether oxygens (including phenoxy) is 2. The number of nitrogens with zero attached hydrogens (tertiary/aromatic N) is 2. The van der Waals surface area contributed by atoms with Gasteiger partial charge in [0.2, 0.25) is 0 Å². The fourth-order valence-corrected chi connectivity index (χ4v) is 2.51. The third-order valence-electron chi connectivity index (χ3n) is 3.95. The van der Waals surface area contributed by atoms with Crippen LogP contribution in [0.3, 0.4) is 0 Å². The van der Waals surface area contributed by atoms with Gasteiger partial charge in [0.25, 0.3) is 0 Å². The number of hydrogen-bond acceptors (Lipinski definition) is 4. The van der Waals surface area contributed by atoms with E-state index < -0.39 is 0 Å². The second kappa shape index (κ2) is 13.0. The second-order valence-electron chi connectivity index (χ2n) is 6.04.